The molecule has 23 aromatic rings. The van der Waals surface area contributed by atoms with Crippen LogP contribution in [0.1, 0.15) is 0 Å². The lowest BCUT2D eigenvalue weighted by atomic mass is 9.99. The van der Waals surface area contributed by atoms with Gasteiger partial charge in [-0.05, 0) is 202 Å². The molecule has 0 saturated heterocycles. The van der Waals surface area contributed by atoms with E-state index >= 15 is 0 Å². The first-order valence-electron chi connectivity index (χ1n) is 36.0. The Morgan fingerprint density at radius 1 is 0.179 bits per heavy atom. The fourth-order valence-electron chi connectivity index (χ4n) is 17.0. The van der Waals surface area contributed by atoms with E-state index in [1.807, 2.05) is 36.4 Å². The summed E-state index contributed by atoms with van der Waals surface area (Å²) in [5.74, 6) is 0.634. The molecule has 8 nitrogen and oxygen atoms in total. The predicted molar refractivity (Wildman–Crippen MR) is 437 cm³/mol. The molecule has 7 heterocycles. The number of rotatable bonds is 9. The number of para-hydroxylation sites is 6. The van der Waals surface area contributed by atoms with E-state index in [2.05, 4.69) is 323 Å². The lowest BCUT2D eigenvalue weighted by molar-refractivity contribution is 0.668. The van der Waals surface area contributed by atoms with Crippen LogP contribution < -0.4 is 0 Å². The Hall–Kier alpha value is -14.3. The molecule has 0 radical (unpaired) electrons. The first kappa shape index (κ1) is 58.3. The lowest BCUT2D eigenvalue weighted by Gasteiger charge is -2.14. The Bertz CT molecular complexity index is 7660. The molecule has 23 rings (SSSR count). The molecule has 0 fully saturated rings. The predicted octanol–water partition coefficient (Wildman–Crippen LogP) is 26.6. The van der Waals surface area contributed by atoms with Crippen molar-refractivity contribution in [3.63, 3.8) is 0 Å². The zero-order chi connectivity index (χ0) is 69.2. The molecule has 7 aromatic heterocycles. The van der Waals surface area contributed by atoms with Crippen molar-refractivity contribution in [2.24, 2.45) is 0 Å². The van der Waals surface area contributed by atoms with Crippen LogP contribution in [-0.4, -0.2) is 23.7 Å². The maximum atomic E-state index is 6.37. The summed E-state index contributed by atoms with van der Waals surface area (Å²) >= 11 is 0. The van der Waals surface area contributed by atoms with Crippen molar-refractivity contribution in [2.75, 3.05) is 0 Å². The number of fused-ring (bicyclic) bond motifs is 19. The third-order valence-corrected chi connectivity index (χ3v) is 22.0. The first-order chi connectivity index (χ1) is 52.5. The third-order valence-electron chi connectivity index (χ3n) is 22.0. The molecule has 0 bridgehead atoms. The fraction of sp³-hybridized carbons (Fsp3) is 0. The molecule has 0 N–H and O–H groups in total. The molecule has 16 aromatic carbocycles. The number of benzene rings is 16. The Balaban J connectivity index is 0.646. The van der Waals surface area contributed by atoms with Crippen LogP contribution in [-0.2, 0) is 0 Å². The van der Waals surface area contributed by atoms with Gasteiger partial charge >= 0.3 is 0 Å². The fourth-order valence-corrected chi connectivity index (χ4v) is 17.0. The minimum absolute atomic E-state index is 0.634. The molecule has 0 spiro atoms. The van der Waals surface area contributed by atoms with Crippen LogP contribution in [0.5, 0.6) is 0 Å². The second-order valence-electron chi connectivity index (χ2n) is 28.0. The average molecular weight is 1350 g/mol. The summed E-state index contributed by atoms with van der Waals surface area (Å²) in [5.41, 5.74) is 27.6. The summed E-state index contributed by atoms with van der Waals surface area (Å²) in [6.07, 6.45) is 0. The van der Waals surface area contributed by atoms with Gasteiger partial charge in [0.1, 0.15) is 33.5 Å². The molecule has 0 aliphatic heterocycles. The van der Waals surface area contributed by atoms with Crippen LogP contribution in [0.15, 0.2) is 359 Å². The molecule has 492 valence electrons. The van der Waals surface area contributed by atoms with Crippen molar-refractivity contribution < 1.29 is 13.3 Å². The summed E-state index contributed by atoms with van der Waals surface area (Å²) < 4.78 is 26.3. The minimum Gasteiger partial charge on any atom is -0.456 e. The number of nitrogens with zero attached hydrogens (tertiary/aromatic N) is 5. The zero-order valence-electron chi connectivity index (χ0n) is 56.9. The van der Waals surface area contributed by atoms with Crippen LogP contribution in [0.3, 0.4) is 0 Å². The van der Waals surface area contributed by atoms with Crippen molar-refractivity contribution in [2.45, 2.75) is 0 Å². The van der Waals surface area contributed by atoms with E-state index in [4.69, 9.17) is 23.2 Å². The van der Waals surface area contributed by atoms with Crippen molar-refractivity contribution in [1.82, 2.24) is 23.7 Å². The molecule has 0 unspecified atom stereocenters. The summed E-state index contributed by atoms with van der Waals surface area (Å²) in [7, 11) is 0. The van der Waals surface area contributed by atoms with E-state index < -0.39 is 0 Å². The maximum Gasteiger partial charge on any atom is 0.160 e. The van der Waals surface area contributed by atoms with E-state index in [-0.39, 0.29) is 0 Å². The quantitative estimate of drug-likeness (QED) is 0.144. The largest absolute Gasteiger partial charge is 0.456 e. The highest BCUT2D eigenvalue weighted by molar-refractivity contribution is 6.15. The molecule has 8 heteroatoms. The number of hydrogen-bond donors (Lipinski definition) is 0. The standard InChI is InChI=1S/C98H57N5O3/c1-7-25-85-71(19-1)80-51-61(64-33-42-77-74-22-4-10-28-91(74)104-94(77)55-64)37-46-88(80)101(85)68-40-31-58(32-41-68)97-83-54-60(59-15-13-17-69(49-59)102-86-26-8-2-20-72(86)81-52-62(38-47-89(81)102)65-34-43-78-75-23-5-11-29-92(75)105-95(78)56-65)36-45-84(83)99-98(100-97)67-16-14-18-70(50-67)103-87-27-9-3-21-73(87)82-53-63(39-48-90(82)103)66-35-44-79-76-24-6-12-30-93(76)106-96(79)57-66/h1-57H. The van der Waals surface area contributed by atoms with E-state index in [1.54, 1.807) is 0 Å². The van der Waals surface area contributed by atoms with Gasteiger partial charge in [0.05, 0.1) is 44.3 Å². The highest BCUT2D eigenvalue weighted by Gasteiger charge is 2.22. The van der Waals surface area contributed by atoms with Crippen LogP contribution in [0.25, 0.3) is 226 Å². The van der Waals surface area contributed by atoms with Crippen LogP contribution in [0, 0.1) is 0 Å². The molecule has 0 saturated carbocycles. The van der Waals surface area contributed by atoms with E-state index in [9.17, 15) is 0 Å². The second kappa shape index (κ2) is 22.6. The molecule has 106 heavy (non-hydrogen) atoms. The number of aromatic nitrogens is 5. The summed E-state index contributed by atoms with van der Waals surface area (Å²) in [4.78, 5) is 11.2. The van der Waals surface area contributed by atoms with Gasteiger partial charge in [-0.1, -0.05) is 188 Å². The first-order valence-corrected chi connectivity index (χ1v) is 36.0. The number of hydrogen-bond acceptors (Lipinski definition) is 5. The average Bonchev–Trinajstić information content (AvgIpc) is 1.72. The van der Waals surface area contributed by atoms with Crippen molar-refractivity contribution in [3.8, 4) is 84.2 Å². The Kier molecular flexibility index (Phi) is 12.4. The van der Waals surface area contributed by atoms with Gasteiger partial charge in [0.25, 0.3) is 0 Å². The highest BCUT2D eigenvalue weighted by Crippen LogP contribution is 2.44. The molecule has 0 amide bonds. The summed E-state index contributed by atoms with van der Waals surface area (Å²) in [5, 5.41) is 14.7. The van der Waals surface area contributed by atoms with Gasteiger partial charge < -0.3 is 27.0 Å². The molecule has 0 atom stereocenters. The van der Waals surface area contributed by atoms with Crippen molar-refractivity contribution in [3.05, 3.63) is 346 Å². The van der Waals surface area contributed by atoms with E-state index in [0.29, 0.717) is 5.82 Å². The lowest BCUT2D eigenvalue weighted by Crippen LogP contribution is -1.99. The Morgan fingerprint density at radius 3 is 0.953 bits per heavy atom. The van der Waals surface area contributed by atoms with Gasteiger partial charge in [-0.15, -0.1) is 0 Å². The molecule has 0 aliphatic rings. The molecule has 0 aliphatic carbocycles. The summed E-state index contributed by atoms with van der Waals surface area (Å²) in [6, 6.07) is 124. The van der Waals surface area contributed by atoms with Crippen LogP contribution in [0.2, 0.25) is 0 Å². The molecular weight excluding hydrogens is 1300 g/mol. The van der Waals surface area contributed by atoms with Crippen LogP contribution in [0.4, 0.5) is 0 Å². The van der Waals surface area contributed by atoms with Gasteiger partial charge in [0, 0.05) is 98.2 Å². The van der Waals surface area contributed by atoms with E-state index in [0.717, 1.165) is 188 Å². The SMILES string of the molecule is c1cc(-c2ccc3nc(-c4cccc(-n5c6ccccc6c6cc(-c7ccc8c(c7)oc7ccccc78)ccc65)c4)nc(-c4ccc(-n5c6ccccc6c6cc(-c7ccc8c(c7)oc7ccccc78)ccc65)cc4)c3c2)cc(-n2c3ccccc3c3cc(-c4ccc5c(c4)oc4ccccc45)ccc32)c1. The highest BCUT2D eigenvalue weighted by atomic mass is 16.3. The van der Waals surface area contributed by atoms with Crippen molar-refractivity contribution >= 4 is 142 Å². The third kappa shape index (κ3) is 8.95. The van der Waals surface area contributed by atoms with Gasteiger partial charge in [-0.3, -0.25) is 0 Å². The van der Waals surface area contributed by atoms with Gasteiger partial charge in [0.15, 0.2) is 5.82 Å². The Morgan fingerprint density at radius 2 is 0.500 bits per heavy atom. The van der Waals surface area contributed by atoms with Crippen LogP contribution >= 0.6 is 0 Å². The topological polar surface area (TPSA) is 80.0 Å². The molecular formula is C98H57N5O3. The zero-order valence-corrected chi connectivity index (χ0v) is 56.9. The van der Waals surface area contributed by atoms with Gasteiger partial charge in [-0.2, -0.15) is 0 Å². The summed E-state index contributed by atoms with van der Waals surface area (Å²) in [6.45, 7) is 0. The number of furan rings is 3. The second-order valence-corrected chi connectivity index (χ2v) is 28.0. The van der Waals surface area contributed by atoms with E-state index in [1.165, 1.54) is 32.3 Å². The van der Waals surface area contributed by atoms with Crippen molar-refractivity contribution in [1.29, 1.82) is 0 Å². The monoisotopic (exact) mass is 1350 g/mol. The van der Waals surface area contributed by atoms with Gasteiger partial charge in [-0.25, -0.2) is 9.97 Å². The Labute approximate surface area is 605 Å². The maximum absolute atomic E-state index is 6.37. The van der Waals surface area contributed by atoms with Gasteiger partial charge in [0.2, 0.25) is 0 Å². The normalized spacial score (nSPS) is 12.2. The minimum atomic E-state index is 0.634. The smallest absolute Gasteiger partial charge is 0.160 e.